The molecule has 188 valence electrons. The van der Waals surface area contributed by atoms with Gasteiger partial charge in [-0.1, -0.05) is 24.3 Å². The molecule has 1 aromatic carbocycles. The molecule has 12 nitrogen and oxygen atoms in total. The van der Waals surface area contributed by atoms with E-state index in [0.29, 0.717) is 38.6 Å². The van der Waals surface area contributed by atoms with E-state index in [1.165, 1.54) is 0 Å². The van der Waals surface area contributed by atoms with Crippen LogP contribution in [-0.2, 0) is 32.2 Å². The summed E-state index contributed by atoms with van der Waals surface area (Å²) >= 11 is -2.86. The predicted molar refractivity (Wildman–Crippen MR) is 124 cm³/mol. The van der Waals surface area contributed by atoms with Crippen molar-refractivity contribution in [1.29, 1.82) is 5.41 Å². The fourth-order valence-electron chi connectivity index (χ4n) is 4.15. The molecule has 1 fully saturated rings. The van der Waals surface area contributed by atoms with Crippen LogP contribution in [0.3, 0.4) is 0 Å². The molecule has 4 atom stereocenters. The number of rotatable bonds is 8. The SMILES string of the molecule is N=C(N)NCCC[C@@H](C=O)N(C(=O)C1NCCc2ccccc21)C(=O)[C@@H]1CCCN1.O=S([O-])O.[Na+]. The third kappa shape index (κ3) is 9.69. The van der Waals surface area contributed by atoms with Gasteiger partial charge in [0.05, 0.1) is 23.4 Å². The quantitative estimate of drug-likeness (QED) is 0.0376. The standard InChI is InChI=1S/C21H30N6O3.Na.H2O3S/c22-21(23)26-11-3-6-15(13-28)27(19(29)17-8-4-10-24-17)20(30)18-16-7-2-1-5-14(16)9-12-25-18;;1-4(2)3/h1-2,5,7,13,15,17-18,24-25H,3-4,6,8-12H2,(H4,22,23,26);;(H2,1,2,3)/q;+1;/p-1/t15-,17-,18?;;/m0../s1. The molecule has 2 aliphatic rings. The zero-order valence-electron chi connectivity index (χ0n) is 19.7. The molecule has 0 spiro atoms. The third-order valence-electron chi connectivity index (χ3n) is 5.67. The molecule has 0 aromatic heterocycles. The number of benzene rings is 1. The minimum Gasteiger partial charge on any atom is -0.750 e. The van der Waals surface area contributed by atoms with Crippen molar-refractivity contribution in [3.05, 3.63) is 35.4 Å². The summed E-state index contributed by atoms with van der Waals surface area (Å²) in [7, 11) is 0. The number of nitrogens with one attached hydrogen (secondary N) is 4. The Bertz CT molecular complexity index is 897. The van der Waals surface area contributed by atoms with Crippen LogP contribution >= 0.6 is 0 Å². The van der Waals surface area contributed by atoms with Crippen molar-refractivity contribution in [2.75, 3.05) is 19.6 Å². The van der Waals surface area contributed by atoms with E-state index < -0.39 is 35.4 Å². The second-order valence-electron chi connectivity index (χ2n) is 7.93. The number of hydrogen-bond acceptors (Lipinski definition) is 8. The van der Waals surface area contributed by atoms with Crippen LogP contribution in [0.25, 0.3) is 0 Å². The van der Waals surface area contributed by atoms with Gasteiger partial charge in [-0.05, 0) is 49.8 Å². The molecule has 2 unspecified atom stereocenters. The van der Waals surface area contributed by atoms with E-state index in [4.69, 9.17) is 24.5 Å². The summed E-state index contributed by atoms with van der Waals surface area (Å²) in [6.45, 7) is 1.74. The van der Waals surface area contributed by atoms with Crippen molar-refractivity contribution < 1.29 is 57.3 Å². The van der Waals surface area contributed by atoms with Crippen molar-refractivity contribution in [1.82, 2.24) is 20.9 Å². The van der Waals surface area contributed by atoms with Gasteiger partial charge in [-0.25, -0.2) is 4.21 Å². The van der Waals surface area contributed by atoms with Crippen LogP contribution in [-0.4, -0.2) is 74.0 Å². The average Bonchev–Trinajstić information content (AvgIpc) is 3.34. The Morgan fingerprint density at radius 1 is 1.31 bits per heavy atom. The van der Waals surface area contributed by atoms with Crippen LogP contribution in [0, 0.1) is 5.41 Å². The van der Waals surface area contributed by atoms with Gasteiger partial charge in [-0.2, -0.15) is 0 Å². The molecule has 14 heteroatoms. The summed E-state index contributed by atoms with van der Waals surface area (Å²) < 4.78 is 24.1. The molecule has 2 amide bonds. The van der Waals surface area contributed by atoms with Crippen LogP contribution in [0.4, 0.5) is 0 Å². The molecule has 3 rings (SSSR count). The summed E-state index contributed by atoms with van der Waals surface area (Å²) in [5, 5.41) is 16.3. The van der Waals surface area contributed by atoms with E-state index in [1.54, 1.807) is 0 Å². The molecule has 1 aromatic rings. The van der Waals surface area contributed by atoms with E-state index in [-0.39, 0.29) is 41.4 Å². The van der Waals surface area contributed by atoms with Gasteiger partial charge in [0, 0.05) is 13.1 Å². The number of carbonyl (C=O) groups excluding carboxylic acids is 3. The number of nitrogens with zero attached hydrogens (tertiary/aromatic N) is 1. The smallest absolute Gasteiger partial charge is 0.750 e. The number of nitrogens with two attached hydrogens (primary N) is 1. The molecule has 7 N–H and O–H groups in total. The van der Waals surface area contributed by atoms with Crippen LogP contribution in [0.5, 0.6) is 0 Å². The zero-order chi connectivity index (χ0) is 25.1. The van der Waals surface area contributed by atoms with Crippen molar-refractivity contribution in [3.63, 3.8) is 0 Å². The van der Waals surface area contributed by atoms with Crippen LogP contribution in [0.2, 0.25) is 0 Å². The molecular formula is C21H31N6NaO6S. The number of guanidine groups is 1. The summed E-state index contributed by atoms with van der Waals surface area (Å²) in [6.07, 6.45) is 3.79. The van der Waals surface area contributed by atoms with Gasteiger partial charge in [-0.15, -0.1) is 0 Å². The number of amides is 2. The summed E-state index contributed by atoms with van der Waals surface area (Å²) in [4.78, 5) is 40.0. The van der Waals surface area contributed by atoms with Crippen molar-refractivity contribution in [3.8, 4) is 0 Å². The number of fused-ring (bicyclic) bond motifs is 1. The Morgan fingerprint density at radius 2 is 2.00 bits per heavy atom. The zero-order valence-corrected chi connectivity index (χ0v) is 22.5. The number of hydrogen-bond donors (Lipinski definition) is 6. The van der Waals surface area contributed by atoms with E-state index in [9.17, 15) is 14.4 Å². The molecule has 2 heterocycles. The maximum atomic E-state index is 13.6. The Labute approximate surface area is 229 Å². The molecular weight excluding hydrogens is 487 g/mol. The number of aldehydes is 1. The van der Waals surface area contributed by atoms with Crippen molar-refractivity contribution in [2.24, 2.45) is 5.73 Å². The van der Waals surface area contributed by atoms with Crippen molar-refractivity contribution in [2.45, 2.75) is 50.2 Å². The monoisotopic (exact) mass is 518 g/mol. The minimum atomic E-state index is -2.86. The van der Waals surface area contributed by atoms with Crippen LogP contribution in [0.15, 0.2) is 24.3 Å². The topological polar surface area (TPSA) is 201 Å². The molecule has 2 aliphatic heterocycles. The fraction of sp³-hybridized carbons (Fsp3) is 0.524. The van der Waals surface area contributed by atoms with E-state index in [0.717, 1.165) is 35.4 Å². The molecule has 0 aliphatic carbocycles. The Morgan fingerprint density at radius 3 is 2.60 bits per heavy atom. The summed E-state index contributed by atoms with van der Waals surface area (Å²) in [6, 6.07) is 5.73. The maximum Gasteiger partial charge on any atom is 1.00 e. The molecule has 0 bridgehead atoms. The summed E-state index contributed by atoms with van der Waals surface area (Å²) in [5.41, 5.74) is 7.22. The minimum absolute atomic E-state index is 0. The number of imide groups is 1. The van der Waals surface area contributed by atoms with Gasteiger partial charge in [-0.3, -0.25) is 19.9 Å². The van der Waals surface area contributed by atoms with Crippen LogP contribution in [0.1, 0.15) is 42.9 Å². The molecule has 0 radical (unpaired) electrons. The Hall–Kier alpha value is -1.71. The molecule has 0 saturated carbocycles. The van der Waals surface area contributed by atoms with E-state index in [2.05, 4.69) is 16.0 Å². The van der Waals surface area contributed by atoms with Gasteiger partial charge in [0.2, 0.25) is 5.91 Å². The Kier molecular flexibility index (Phi) is 14.4. The van der Waals surface area contributed by atoms with E-state index in [1.807, 2.05) is 24.3 Å². The first-order valence-corrected chi connectivity index (χ1v) is 12.0. The first kappa shape index (κ1) is 31.3. The summed E-state index contributed by atoms with van der Waals surface area (Å²) in [5.74, 6) is -0.892. The predicted octanol–water partition coefficient (Wildman–Crippen LogP) is -3.85. The Balaban J connectivity index is 0.00000114. The normalized spacial score (nSPS) is 20.1. The van der Waals surface area contributed by atoms with E-state index >= 15 is 0 Å². The van der Waals surface area contributed by atoms with Gasteiger partial charge in [0.1, 0.15) is 12.3 Å². The van der Waals surface area contributed by atoms with Crippen LogP contribution < -0.4 is 51.2 Å². The van der Waals surface area contributed by atoms with Gasteiger partial charge in [0.15, 0.2) is 5.96 Å². The first-order valence-electron chi connectivity index (χ1n) is 11.0. The fourth-order valence-corrected chi connectivity index (χ4v) is 4.15. The third-order valence-corrected chi connectivity index (χ3v) is 5.67. The largest absolute Gasteiger partial charge is 1.00 e. The van der Waals surface area contributed by atoms with Gasteiger partial charge in [0.25, 0.3) is 5.91 Å². The van der Waals surface area contributed by atoms with Gasteiger partial charge < -0.3 is 35.6 Å². The molecule has 1 saturated heterocycles. The van der Waals surface area contributed by atoms with Crippen molar-refractivity contribution >= 4 is 35.4 Å². The van der Waals surface area contributed by atoms with Gasteiger partial charge >= 0.3 is 29.6 Å². The molecule has 35 heavy (non-hydrogen) atoms. The number of carbonyl (C=O) groups is 3. The maximum absolute atomic E-state index is 13.6. The first-order chi connectivity index (χ1) is 16.3. The second kappa shape index (κ2) is 16.1. The second-order valence-corrected chi connectivity index (χ2v) is 8.37. The average molecular weight is 519 g/mol.